The molecular formula is C19H18N4O2. The van der Waals surface area contributed by atoms with Gasteiger partial charge in [0.25, 0.3) is 5.91 Å². The molecule has 1 unspecified atom stereocenters. The van der Waals surface area contributed by atoms with Crippen LogP contribution < -0.4 is 10.7 Å². The molecular weight excluding hydrogens is 316 g/mol. The average Bonchev–Trinajstić information content (AvgIpc) is 2.64. The Labute approximate surface area is 145 Å². The number of para-hydroxylation sites is 1. The van der Waals surface area contributed by atoms with E-state index in [1.165, 1.54) is 0 Å². The van der Waals surface area contributed by atoms with Crippen molar-refractivity contribution in [2.24, 2.45) is 10.1 Å². The number of rotatable bonds is 5. The molecule has 2 aromatic carbocycles. The van der Waals surface area contributed by atoms with Crippen LogP contribution in [0, 0.1) is 0 Å². The minimum absolute atomic E-state index is 0.000506. The highest BCUT2D eigenvalue weighted by atomic mass is 16.2. The molecule has 1 aliphatic heterocycles. The Bertz CT molecular complexity index is 829. The fraction of sp³-hybridized carbons (Fsp3) is 0.158. The summed E-state index contributed by atoms with van der Waals surface area (Å²) in [5.74, 6) is -0.746. The van der Waals surface area contributed by atoms with Crippen LogP contribution in [0.3, 0.4) is 0 Å². The standard InChI is InChI=1S/C19H18N4O2/c1-13-12-20-17(19(25)21-13)16(18(24)14-8-4-2-5-9-14)23-22-15-10-6-3-7-11-15/h2-11,13,22H,12H2,1H3,(H,21,25)/b23-16+. The van der Waals surface area contributed by atoms with Gasteiger partial charge in [-0.2, -0.15) is 5.10 Å². The van der Waals surface area contributed by atoms with Crippen molar-refractivity contribution >= 4 is 28.8 Å². The maximum atomic E-state index is 12.9. The second-order valence-electron chi connectivity index (χ2n) is 5.70. The molecule has 25 heavy (non-hydrogen) atoms. The topological polar surface area (TPSA) is 82.9 Å². The molecule has 0 saturated heterocycles. The van der Waals surface area contributed by atoms with Gasteiger partial charge < -0.3 is 5.32 Å². The first-order valence-electron chi connectivity index (χ1n) is 7.99. The van der Waals surface area contributed by atoms with Crippen LogP contribution >= 0.6 is 0 Å². The number of hydrogen-bond acceptors (Lipinski definition) is 5. The van der Waals surface area contributed by atoms with Crippen molar-refractivity contribution in [2.75, 3.05) is 12.0 Å². The van der Waals surface area contributed by atoms with Gasteiger partial charge in [-0.15, -0.1) is 0 Å². The maximum absolute atomic E-state index is 12.9. The predicted molar refractivity (Wildman–Crippen MR) is 98.2 cm³/mol. The van der Waals surface area contributed by atoms with E-state index in [1.807, 2.05) is 43.3 Å². The number of aliphatic imine (C=N–C) groups is 1. The Morgan fingerprint density at radius 1 is 1.12 bits per heavy atom. The van der Waals surface area contributed by atoms with Crippen molar-refractivity contribution < 1.29 is 9.59 Å². The van der Waals surface area contributed by atoms with E-state index in [-0.39, 0.29) is 23.2 Å². The zero-order valence-electron chi connectivity index (χ0n) is 13.8. The third kappa shape index (κ3) is 3.98. The van der Waals surface area contributed by atoms with E-state index in [1.54, 1.807) is 24.3 Å². The molecule has 1 heterocycles. The number of Topliss-reactive ketones (excluding diaryl/α,β-unsaturated/α-hetero) is 1. The number of anilines is 1. The number of hydrogen-bond donors (Lipinski definition) is 2. The number of hydrazone groups is 1. The molecule has 0 saturated carbocycles. The third-order valence-electron chi connectivity index (χ3n) is 3.66. The number of ketones is 1. The van der Waals surface area contributed by atoms with Gasteiger partial charge in [0.05, 0.1) is 12.2 Å². The summed E-state index contributed by atoms with van der Waals surface area (Å²) in [7, 11) is 0. The highest BCUT2D eigenvalue weighted by molar-refractivity contribution is 6.82. The molecule has 6 nitrogen and oxygen atoms in total. The minimum Gasteiger partial charge on any atom is -0.346 e. The second-order valence-corrected chi connectivity index (χ2v) is 5.70. The van der Waals surface area contributed by atoms with Crippen LogP contribution in [0.1, 0.15) is 17.3 Å². The van der Waals surface area contributed by atoms with Crippen LogP contribution in [0.4, 0.5) is 5.69 Å². The molecule has 6 heteroatoms. The van der Waals surface area contributed by atoms with E-state index in [9.17, 15) is 9.59 Å². The van der Waals surface area contributed by atoms with Crippen molar-refractivity contribution in [3.63, 3.8) is 0 Å². The normalized spacial score (nSPS) is 17.5. The predicted octanol–water partition coefficient (Wildman–Crippen LogP) is 2.30. The van der Waals surface area contributed by atoms with E-state index in [0.29, 0.717) is 17.8 Å². The van der Waals surface area contributed by atoms with E-state index in [0.717, 1.165) is 0 Å². The molecule has 0 radical (unpaired) electrons. The van der Waals surface area contributed by atoms with Gasteiger partial charge in [-0.1, -0.05) is 48.5 Å². The Morgan fingerprint density at radius 3 is 2.40 bits per heavy atom. The molecule has 0 aromatic heterocycles. The van der Waals surface area contributed by atoms with E-state index < -0.39 is 5.91 Å². The summed E-state index contributed by atoms with van der Waals surface area (Å²) < 4.78 is 0. The quantitative estimate of drug-likeness (QED) is 0.500. The molecule has 0 bridgehead atoms. The van der Waals surface area contributed by atoms with Crippen LogP contribution in [-0.4, -0.2) is 35.7 Å². The van der Waals surface area contributed by atoms with E-state index in [4.69, 9.17) is 0 Å². The zero-order valence-corrected chi connectivity index (χ0v) is 13.8. The first-order chi connectivity index (χ1) is 12.1. The maximum Gasteiger partial charge on any atom is 0.272 e. The van der Waals surface area contributed by atoms with Gasteiger partial charge >= 0.3 is 0 Å². The van der Waals surface area contributed by atoms with Crippen molar-refractivity contribution in [1.82, 2.24) is 5.32 Å². The van der Waals surface area contributed by atoms with E-state index >= 15 is 0 Å². The number of carbonyl (C=O) groups is 2. The Hall–Kier alpha value is -3.28. The Balaban J connectivity index is 1.96. The van der Waals surface area contributed by atoms with Gasteiger partial charge in [0.1, 0.15) is 0 Å². The van der Waals surface area contributed by atoms with Gasteiger partial charge in [0.15, 0.2) is 11.4 Å². The minimum atomic E-state index is -0.392. The lowest BCUT2D eigenvalue weighted by molar-refractivity contribution is -0.115. The summed E-state index contributed by atoms with van der Waals surface area (Å²) in [5.41, 5.74) is 4.04. The number of nitrogens with zero attached hydrogens (tertiary/aromatic N) is 2. The highest BCUT2D eigenvalue weighted by Gasteiger charge is 2.29. The number of benzene rings is 2. The summed E-state index contributed by atoms with van der Waals surface area (Å²) >= 11 is 0. The molecule has 1 atom stereocenters. The van der Waals surface area contributed by atoms with Crippen molar-refractivity contribution in [1.29, 1.82) is 0 Å². The molecule has 3 rings (SSSR count). The molecule has 2 N–H and O–H groups in total. The fourth-order valence-corrected chi connectivity index (χ4v) is 2.39. The van der Waals surface area contributed by atoms with Gasteiger partial charge in [0, 0.05) is 11.6 Å². The van der Waals surface area contributed by atoms with Crippen molar-refractivity contribution in [3.8, 4) is 0 Å². The number of carbonyl (C=O) groups excluding carboxylic acids is 2. The van der Waals surface area contributed by atoms with Crippen molar-refractivity contribution in [2.45, 2.75) is 13.0 Å². The summed E-state index contributed by atoms with van der Waals surface area (Å²) in [6.45, 7) is 2.27. The van der Waals surface area contributed by atoms with Gasteiger partial charge in [-0.05, 0) is 19.1 Å². The third-order valence-corrected chi connectivity index (χ3v) is 3.66. The average molecular weight is 334 g/mol. The van der Waals surface area contributed by atoms with E-state index in [2.05, 4.69) is 20.8 Å². The molecule has 126 valence electrons. The fourth-order valence-electron chi connectivity index (χ4n) is 2.39. The van der Waals surface area contributed by atoms with Gasteiger partial charge in [-0.25, -0.2) is 0 Å². The van der Waals surface area contributed by atoms with Crippen LogP contribution in [0.2, 0.25) is 0 Å². The molecule has 0 fully saturated rings. The monoisotopic (exact) mass is 334 g/mol. The number of amides is 1. The molecule has 0 spiro atoms. The first kappa shape index (κ1) is 16.6. The van der Waals surface area contributed by atoms with Crippen molar-refractivity contribution in [3.05, 3.63) is 66.2 Å². The van der Waals surface area contributed by atoms with Gasteiger partial charge in [0.2, 0.25) is 5.78 Å². The number of nitrogens with one attached hydrogen (secondary N) is 2. The molecule has 1 amide bonds. The SMILES string of the molecule is CC1CN=C(/C(=N\Nc2ccccc2)C(=O)c2ccccc2)C(=O)N1. The zero-order chi connectivity index (χ0) is 17.6. The van der Waals surface area contributed by atoms with Crippen LogP contribution in [0.15, 0.2) is 70.8 Å². The molecule has 0 aliphatic carbocycles. The smallest absolute Gasteiger partial charge is 0.272 e. The molecule has 1 aliphatic rings. The van der Waals surface area contributed by atoms with Crippen LogP contribution in [0.25, 0.3) is 0 Å². The van der Waals surface area contributed by atoms with Crippen LogP contribution in [-0.2, 0) is 4.79 Å². The Morgan fingerprint density at radius 2 is 1.76 bits per heavy atom. The highest BCUT2D eigenvalue weighted by Crippen LogP contribution is 2.09. The summed E-state index contributed by atoms with van der Waals surface area (Å²) in [4.78, 5) is 29.4. The lowest BCUT2D eigenvalue weighted by Gasteiger charge is -2.19. The lowest BCUT2D eigenvalue weighted by Crippen LogP contribution is -2.48. The summed E-state index contributed by atoms with van der Waals surface area (Å²) in [5, 5.41) is 6.98. The lowest BCUT2D eigenvalue weighted by atomic mass is 10.0. The first-order valence-corrected chi connectivity index (χ1v) is 7.99. The largest absolute Gasteiger partial charge is 0.346 e. The molecule has 2 aromatic rings. The second kappa shape index (κ2) is 7.53. The summed E-state index contributed by atoms with van der Waals surface area (Å²) in [6, 6.07) is 17.9. The summed E-state index contributed by atoms with van der Waals surface area (Å²) in [6.07, 6.45) is 0. The Kier molecular flexibility index (Phi) is 4.99. The van der Waals surface area contributed by atoms with Crippen LogP contribution in [0.5, 0.6) is 0 Å². The van der Waals surface area contributed by atoms with Gasteiger partial charge in [-0.3, -0.25) is 20.0 Å².